The van der Waals surface area contributed by atoms with Crippen LogP contribution in [0.25, 0.3) is 11.2 Å². The van der Waals surface area contributed by atoms with Gasteiger partial charge in [0.15, 0.2) is 17.0 Å². The van der Waals surface area contributed by atoms with Crippen molar-refractivity contribution < 1.29 is 19.4 Å². The Morgan fingerprint density at radius 2 is 1.97 bits per heavy atom. The molecule has 0 radical (unpaired) electrons. The first-order chi connectivity index (χ1) is 13.9. The Bertz CT molecular complexity index is 1000. The number of nitrogens with two attached hydrogens (primary N) is 1. The number of hydrogen-bond acceptors (Lipinski definition) is 8. The fourth-order valence-electron chi connectivity index (χ4n) is 2.91. The van der Waals surface area contributed by atoms with Gasteiger partial charge in [-0.05, 0) is 24.5 Å². The van der Waals surface area contributed by atoms with E-state index in [4.69, 9.17) is 15.2 Å². The molecule has 2 heterocycles. The van der Waals surface area contributed by atoms with Gasteiger partial charge in [-0.3, -0.25) is 9.36 Å². The molecule has 0 aliphatic heterocycles. The summed E-state index contributed by atoms with van der Waals surface area (Å²) in [4.78, 5) is 24.3. The molecular formula is C20H25N5O4. The highest BCUT2D eigenvalue weighted by molar-refractivity contribution is 5.83. The third-order valence-corrected chi connectivity index (χ3v) is 4.69. The van der Waals surface area contributed by atoms with E-state index in [9.17, 15) is 9.90 Å². The number of hydrogen-bond donors (Lipinski definition) is 2. The largest absolute Gasteiger partial charge is 0.480 e. The number of aromatic hydroxyl groups is 1. The van der Waals surface area contributed by atoms with Gasteiger partial charge in [0.1, 0.15) is 0 Å². The summed E-state index contributed by atoms with van der Waals surface area (Å²) in [6, 6.07) is 7.42. The van der Waals surface area contributed by atoms with Crippen molar-refractivity contribution in [1.29, 1.82) is 0 Å². The van der Waals surface area contributed by atoms with Crippen molar-refractivity contribution in [2.75, 3.05) is 19.5 Å². The number of fused-ring (bicyclic) bond motifs is 1. The van der Waals surface area contributed by atoms with Crippen LogP contribution in [0.2, 0.25) is 0 Å². The van der Waals surface area contributed by atoms with E-state index in [-0.39, 0.29) is 29.7 Å². The summed E-state index contributed by atoms with van der Waals surface area (Å²) in [6.07, 6.45) is 1.86. The lowest BCUT2D eigenvalue weighted by Crippen LogP contribution is -2.11. The van der Waals surface area contributed by atoms with E-state index < -0.39 is 0 Å². The first-order valence-corrected chi connectivity index (χ1v) is 9.46. The number of aromatic nitrogens is 4. The fourth-order valence-corrected chi connectivity index (χ4v) is 2.91. The molecule has 0 saturated heterocycles. The zero-order valence-corrected chi connectivity index (χ0v) is 16.8. The average molecular weight is 399 g/mol. The van der Waals surface area contributed by atoms with Crippen molar-refractivity contribution >= 4 is 23.0 Å². The molecule has 154 valence electrons. The third kappa shape index (κ3) is 4.39. The quantitative estimate of drug-likeness (QED) is 0.437. The summed E-state index contributed by atoms with van der Waals surface area (Å²) < 4.78 is 11.9. The number of esters is 1. The van der Waals surface area contributed by atoms with Crippen molar-refractivity contribution in [2.45, 2.75) is 39.2 Å². The van der Waals surface area contributed by atoms with Crippen LogP contribution < -0.4 is 10.5 Å². The van der Waals surface area contributed by atoms with Gasteiger partial charge < -0.3 is 20.3 Å². The summed E-state index contributed by atoms with van der Waals surface area (Å²) in [5, 5.41) is 10.3. The fraction of sp³-hybridized carbons (Fsp3) is 0.400. The molecule has 0 fully saturated rings. The van der Waals surface area contributed by atoms with E-state index in [1.807, 2.05) is 24.3 Å². The second-order valence-corrected chi connectivity index (χ2v) is 6.75. The number of methoxy groups -OCH3 is 1. The molecule has 0 aliphatic rings. The molecule has 1 atom stereocenters. The molecule has 0 bridgehead atoms. The number of rotatable bonds is 8. The Hall–Kier alpha value is -3.36. The van der Waals surface area contributed by atoms with E-state index in [0.717, 1.165) is 24.0 Å². The Balaban J connectivity index is 1.87. The van der Waals surface area contributed by atoms with E-state index in [1.165, 1.54) is 7.11 Å². The highest BCUT2D eigenvalue weighted by Crippen LogP contribution is 2.26. The second-order valence-electron chi connectivity index (χ2n) is 6.75. The molecular weight excluding hydrogens is 374 g/mol. The minimum Gasteiger partial charge on any atom is -0.480 e. The Labute approximate surface area is 168 Å². The minimum atomic E-state index is -0.355. The summed E-state index contributed by atoms with van der Waals surface area (Å²) in [6.45, 7) is 4.66. The molecule has 3 rings (SSSR count). The smallest absolute Gasteiger partial charge is 0.320 e. The first kappa shape index (κ1) is 20.4. The standard InChI is InChI=1S/C20H25N5O4/c1-4-5-10-29-19-23-16(21)15-17(24-19)25(20(27)22-15)11-13-6-8-14(9-7-13)12(2)18(26)28-3/h6-9,12H,4-5,10-11H2,1-3H3,(H,22,27)(H2,21,23,24). The topological polar surface area (TPSA) is 125 Å². The van der Waals surface area contributed by atoms with E-state index in [0.29, 0.717) is 24.3 Å². The maximum atomic E-state index is 11.7. The molecule has 0 aliphatic carbocycles. The summed E-state index contributed by atoms with van der Waals surface area (Å²) in [5.74, 6) is -0.497. The van der Waals surface area contributed by atoms with Gasteiger partial charge in [-0.2, -0.15) is 15.0 Å². The normalized spacial score (nSPS) is 12.1. The van der Waals surface area contributed by atoms with Gasteiger partial charge >= 0.3 is 12.0 Å². The van der Waals surface area contributed by atoms with Crippen LogP contribution in [0.15, 0.2) is 24.3 Å². The van der Waals surface area contributed by atoms with E-state index >= 15 is 0 Å². The molecule has 2 aromatic heterocycles. The predicted octanol–water partition coefficient (Wildman–Crippen LogP) is 2.62. The number of nitrogen functional groups attached to an aromatic ring is 1. The van der Waals surface area contributed by atoms with Gasteiger partial charge in [-0.1, -0.05) is 37.6 Å². The van der Waals surface area contributed by atoms with Gasteiger partial charge in [0.2, 0.25) is 0 Å². The Kier molecular flexibility index (Phi) is 6.16. The molecule has 3 aromatic rings. The number of anilines is 1. The van der Waals surface area contributed by atoms with Crippen LogP contribution in [0.5, 0.6) is 12.0 Å². The van der Waals surface area contributed by atoms with Crippen LogP contribution in [0.4, 0.5) is 5.82 Å². The Morgan fingerprint density at radius 3 is 2.62 bits per heavy atom. The van der Waals surface area contributed by atoms with Gasteiger partial charge in [-0.25, -0.2) is 0 Å². The zero-order valence-electron chi connectivity index (χ0n) is 16.8. The van der Waals surface area contributed by atoms with Gasteiger partial charge in [0, 0.05) is 0 Å². The number of benzene rings is 1. The highest BCUT2D eigenvalue weighted by atomic mass is 16.5. The predicted molar refractivity (Wildman–Crippen MR) is 108 cm³/mol. The zero-order chi connectivity index (χ0) is 21.0. The van der Waals surface area contributed by atoms with E-state index in [1.54, 1.807) is 11.5 Å². The van der Waals surface area contributed by atoms with Crippen LogP contribution in [-0.4, -0.2) is 44.3 Å². The van der Waals surface area contributed by atoms with Crippen molar-refractivity contribution in [3.05, 3.63) is 35.4 Å². The second kappa shape index (κ2) is 8.76. The lowest BCUT2D eigenvalue weighted by atomic mass is 10.00. The molecule has 9 heteroatoms. The Morgan fingerprint density at radius 1 is 1.24 bits per heavy atom. The monoisotopic (exact) mass is 399 g/mol. The molecule has 3 N–H and O–H groups in total. The van der Waals surface area contributed by atoms with Crippen LogP contribution in [0.1, 0.15) is 43.7 Å². The van der Waals surface area contributed by atoms with Crippen molar-refractivity contribution in [3.63, 3.8) is 0 Å². The average Bonchev–Trinajstić information content (AvgIpc) is 3.04. The summed E-state index contributed by atoms with van der Waals surface area (Å²) >= 11 is 0. The molecule has 9 nitrogen and oxygen atoms in total. The van der Waals surface area contributed by atoms with E-state index in [2.05, 4.69) is 21.9 Å². The van der Waals surface area contributed by atoms with Crippen LogP contribution in [0.3, 0.4) is 0 Å². The molecule has 1 unspecified atom stereocenters. The maximum Gasteiger partial charge on any atom is 0.320 e. The molecule has 0 spiro atoms. The summed E-state index contributed by atoms with van der Waals surface area (Å²) in [5.41, 5.74) is 8.43. The number of carbonyl (C=O) groups is 1. The van der Waals surface area contributed by atoms with Crippen molar-refractivity contribution in [2.24, 2.45) is 0 Å². The highest BCUT2D eigenvalue weighted by Gasteiger charge is 2.18. The third-order valence-electron chi connectivity index (χ3n) is 4.69. The minimum absolute atomic E-state index is 0.151. The van der Waals surface area contributed by atoms with Gasteiger partial charge in [0.05, 0.1) is 26.2 Å². The van der Waals surface area contributed by atoms with Gasteiger partial charge in [-0.15, -0.1) is 0 Å². The molecule has 0 amide bonds. The number of imidazole rings is 1. The lowest BCUT2D eigenvalue weighted by molar-refractivity contribution is -0.141. The maximum absolute atomic E-state index is 11.7. The molecule has 0 saturated carbocycles. The van der Waals surface area contributed by atoms with Crippen LogP contribution >= 0.6 is 0 Å². The lowest BCUT2D eigenvalue weighted by Gasteiger charge is -2.11. The number of nitrogens with zero attached hydrogens (tertiary/aromatic N) is 4. The number of carbonyl (C=O) groups excluding carboxylic acids is 1. The first-order valence-electron chi connectivity index (χ1n) is 9.46. The molecule has 1 aromatic carbocycles. The SMILES string of the molecule is CCCCOc1nc(N)c2nc(O)n(Cc3ccc(C(C)C(=O)OC)cc3)c2n1. The molecule has 29 heavy (non-hydrogen) atoms. The van der Waals surface area contributed by atoms with Gasteiger partial charge in [0.25, 0.3) is 6.01 Å². The van der Waals surface area contributed by atoms with Crippen LogP contribution in [-0.2, 0) is 16.1 Å². The number of ether oxygens (including phenoxy) is 2. The summed E-state index contributed by atoms with van der Waals surface area (Å²) in [7, 11) is 1.37. The number of unbranched alkanes of at least 4 members (excludes halogenated alkanes) is 1. The van der Waals surface area contributed by atoms with Crippen molar-refractivity contribution in [1.82, 2.24) is 19.5 Å². The van der Waals surface area contributed by atoms with Crippen molar-refractivity contribution in [3.8, 4) is 12.0 Å². The van der Waals surface area contributed by atoms with Crippen LogP contribution in [0, 0.1) is 0 Å².